The van der Waals surface area contributed by atoms with E-state index in [1.165, 1.54) is 0 Å². The van der Waals surface area contributed by atoms with Crippen LogP contribution in [0.1, 0.15) is 31.4 Å². The number of nitrogens with one attached hydrogen (secondary N) is 3. The van der Waals surface area contributed by atoms with Crippen LogP contribution in [0.2, 0.25) is 0 Å². The third-order valence-corrected chi connectivity index (χ3v) is 4.45. The quantitative estimate of drug-likeness (QED) is 0.539. The highest BCUT2D eigenvalue weighted by Gasteiger charge is 2.15. The summed E-state index contributed by atoms with van der Waals surface area (Å²) in [7, 11) is -3.44. The first-order chi connectivity index (χ1) is 13.8. The van der Waals surface area contributed by atoms with Crippen LogP contribution in [0.3, 0.4) is 0 Å². The predicted octanol–water partition coefficient (Wildman–Crippen LogP) is 3.62. The molecule has 0 saturated heterocycles. The highest BCUT2D eigenvalue weighted by Crippen LogP contribution is 2.24. The van der Waals surface area contributed by atoms with Crippen LogP contribution in [-0.2, 0) is 10.0 Å². The third kappa shape index (κ3) is 7.71. The number of anilines is 2. The molecule has 0 heterocycles. The monoisotopic (exact) mass is 416 g/mol. The van der Waals surface area contributed by atoms with Crippen LogP contribution in [-0.4, -0.2) is 27.3 Å². The number of urea groups is 1. The van der Waals surface area contributed by atoms with Crippen molar-refractivity contribution >= 4 is 27.4 Å². The number of benzene rings is 2. The van der Waals surface area contributed by atoms with Gasteiger partial charge in [0.05, 0.1) is 30.7 Å². The number of nitriles is 1. The molecule has 0 aromatic heterocycles. The van der Waals surface area contributed by atoms with Crippen molar-refractivity contribution in [2.75, 3.05) is 22.9 Å². The van der Waals surface area contributed by atoms with Crippen molar-refractivity contribution in [3.63, 3.8) is 0 Å². The predicted molar refractivity (Wildman–Crippen MR) is 112 cm³/mol. The first-order valence-electron chi connectivity index (χ1n) is 9.02. The number of hydrogen-bond acceptors (Lipinski definition) is 5. The molecular weight excluding hydrogens is 392 g/mol. The van der Waals surface area contributed by atoms with E-state index in [0.29, 0.717) is 42.1 Å². The van der Waals surface area contributed by atoms with E-state index in [0.717, 1.165) is 6.26 Å². The molecule has 0 aliphatic carbocycles. The Labute approximate surface area is 170 Å². The van der Waals surface area contributed by atoms with E-state index >= 15 is 0 Å². The summed E-state index contributed by atoms with van der Waals surface area (Å²) >= 11 is 0. The number of nitrogens with zero attached hydrogens (tertiary/aromatic N) is 1. The molecule has 0 fully saturated rings. The number of sulfonamides is 1. The van der Waals surface area contributed by atoms with Crippen molar-refractivity contribution in [2.45, 2.75) is 25.8 Å². The van der Waals surface area contributed by atoms with Crippen molar-refractivity contribution in [2.24, 2.45) is 0 Å². The van der Waals surface area contributed by atoms with Gasteiger partial charge < -0.3 is 15.4 Å². The molecule has 1 atom stereocenters. The van der Waals surface area contributed by atoms with E-state index in [4.69, 9.17) is 10.00 Å². The Bertz CT molecular complexity index is 986. The highest BCUT2D eigenvalue weighted by molar-refractivity contribution is 7.92. The van der Waals surface area contributed by atoms with Crippen molar-refractivity contribution in [3.8, 4) is 11.8 Å². The van der Waals surface area contributed by atoms with Gasteiger partial charge in [-0.25, -0.2) is 13.2 Å². The zero-order chi connectivity index (χ0) is 21.3. The first kappa shape index (κ1) is 22.0. The molecule has 0 spiro atoms. The molecule has 29 heavy (non-hydrogen) atoms. The Kier molecular flexibility index (Phi) is 7.86. The molecule has 0 unspecified atom stereocenters. The third-order valence-electron chi connectivity index (χ3n) is 3.86. The van der Waals surface area contributed by atoms with Crippen molar-refractivity contribution < 1.29 is 17.9 Å². The number of carbonyl (C=O) groups excluding carboxylic acids is 1. The van der Waals surface area contributed by atoms with E-state index in [-0.39, 0.29) is 0 Å². The molecule has 0 radical (unpaired) electrons. The fourth-order valence-electron chi connectivity index (χ4n) is 2.61. The summed E-state index contributed by atoms with van der Waals surface area (Å²) in [5.41, 5.74) is 1.60. The molecule has 8 nitrogen and oxygen atoms in total. The van der Waals surface area contributed by atoms with Gasteiger partial charge >= 0.3 is 6.03 Å². The normalized spacial score (nSPS) is 11.8. The van der Waals surface area contributed by atoms with Crippen molar-refractivity contribution in [1.29, 1.82) is 5.26 Å². The molecule has 9 heteroatoms. The van der Waals surface area contributed by atoms with Gasteiger partial charge in [0, 0.05) is 18.2 Å². The SMILES string of the molecule is C[C@@H](NC(=O)Nc1cccc(OCCCC#N)c1)c1ccccc1NS(C)(=O)=O. The summed E-state index contributed by atoms with van der Waals surface area (Å²) < 4.78 is 31.1. The summed E-state index contributed by atoms with van der Waals surface area (Å²) in [5.74, 6) is 0.594. The lowest BCUT2D eigenvalue weighted by molar-refractivity contribution is 0.249. The number of hydrogen-bond donors (Lipinski definition) is 3. The fraction of sp³-hybridized carbons (Fsp3) is 0.300. The second-order valence-corrected chi connectivity index (χ2v) is 8.17. The minimum atomic E-state index is -3.44. The lowest BCUT2D eigenvalue weighted by atomic mass is 10.1. The number of ether oxygens (including phenoxy) is 1. The second-order valence-electron chi connectivity index (χ2n) is 6.42. The van der Waals surface area contributed by atoms with E-state index in [2.05, 4.69) is 21.4 Å². The molecule has 154 valence electrons. The Morgan fingerprint density at radius 2 is 1.97 bits per heavy atom. The Morgan fingerprint density at radius 1 is 1.21 bits per heavy atom. The summed E-state index contributed by atoms with van der Waals surface area (Å²) in [4.78, 5) is 12.4. The smallest absolute Gasteiger partial charge is 0.319 e. The average Bonchev–Trinajstić information content (AvgIpc) is 2.64. The number of carbonyl (C=O) groups is 1. The topological polar surface area (TPSA) is 120 Å². The molecule has 2 rings (SSSR count). The molecule has 0 saturated carbocycles. The lowest BCUT2D eigenvalue weighted by Gasteiger charge is -2.19. The van der Waals surface area contributed by atoms with Gasteiger partial charge in [-0.05, 0) is 37.1 Å². The Hall–Kier alpha value is -3.25. The van der Waals surface area contributed by atoms with Crippen molar-refractivity contribution in [3.05, 3.63) is 54.1 Å². The van der Waals surface area contributed by atoms with Crippen LogP contribution >= 0.6 is 0 Å². The number of para-hydroxylation sites is 1. The molecule has 2 aromatic rings. The molecule has 0 aliphatic heterocycles. The second kappa shape index (κ2) is 10.3. The van der Waals surface area contributed by atoms with Gasteiger partial charge in [0.2, 0.25) is 10.0 Å². The number of unbranched alkanes of at least 4 members (excludes halogenated alkanes) is 1. The number of rotatable bonds is 9. The van der Waals surface area contributed by atoms with Crippen LogP contribution in [0.4, 0.5) is 16.2 Å². The maximum Gasteiger partial charge on any atom is 0.319 e. The van der Waals surface area contributed by atoms with Crippen LogP contribution in [0, 0.1) is 11.3 Å². The zero-order valence-corrected chi connectivity index (χ0v) is 17.1. The van der Waals surface area contributed by atoms with Crippen molar-refractivity contribution in [1.82, 2.24) is 5.32 Å². The molecule has 0 aliphatic rings. The van der Waals surface area contributed by atoms with Crippen LogP contribution in [0.15, 0.2) is 48.5 Å². The summed E-state index contributed by atoms with van der Waals surface area (Å²) in [6.07, 6.45) is 2.13. The standard InChI is InChI=1S/C20H24N4O4S/c1-15(18-10-3-4-11-19(18)24-29(2,26)27)22-20(25)23-16-8-7-9-17(14-16)28-13-6-5-12-21/h3-4,7-11,14-15,24H,5-6,13H2,1-2H3,(H2,22,23,25)/t15-/m1/s1. The summed E-state index contributed by atoms with van der Waals surface area (Å²) in [6.45, 7) is 2.18. The van der Waals surface area contributed by atoms with E-state index < -0.39 is 22.1 Å². The first-order valence-corrected chi connectivity index (χ1v) is 10.9. The maximum absolute atomic E-state index is 12.4. The largest absolute Gasteiger partial charge is 0.493 e. The highest BCUT2D eigenvalue weighted by atomic mass is 32.2. The Morgan fingerprint density at radius 3 is 2.69 bits per heavy atom. The van der Waals surface area contributed by atoms with Gasteiger partial charge in [-0.15, -0.1) is 0 Å². The van der Waals surface area contributed by atoms with E-state index in [1.807, 2.05) is 0 Å². The molecule has 3 N–H and O–H groups in total. The summed E-state index contributed by atoms with van der Waals surface area (Å²) in [6, 6.07) is 15.0. The van der Waals surface area contributed by atoms with E-state index in [9.17, 15) is 13.2 Å². The fourth-order valence-corrected chi connectivity index (χ4v) is 3.20. The van der Waals surface area contributed by atoms with E-state index in [1.54, 1.807) is 55.5 Å². The minimum Gasteiger partial charge on any atom is -0.493 e. The zero-order valence-electron chi connectivity index (χ0n) is 16.3. The van der Waals surface area contributed by atoms with Gasteiger partial charge in [-0.3, -0.25) is 4.72 Å². The number of amides is 2. The van der Waals surface area contributed by atoms with Gasteiger partial charge in [0.15, 0.2) is 0 Å². The summed E-state index contributed by atoms with van der Waals surface area (Å²) in [5, 5.41) is 14.1. The van der Waals surface area contributed by atoms with Crippen LogP contribution < -0.4 is 20.1 Å². The maximum atomic E-state index is 12.4. The molecular formula is C20H24N4O4S. The molecule has 2 amide bonds. The van der Waals surface area contributed by atoms with Gasteiger partial charge in [0.1, 0.15) is 5.75 Å². The minimum absolute atomic E-state index is 0.413. The van der Waals surface area contributed by atoms with Gasteiger partial charge in [-0.2, -0.15) is 5.26 Å². The van der Waals surface area contributed by atoms with Gasteiger partial charge in [-0.1, -0.05) is 24.3 Å². The van der Waals surface area contributed by atoms with Crippen LogP contribution in [0.25, 0.3) is 0 Å². The lowest BCUT2D eigenvalue weighted by Crippen LogP contribution is -2.31. The molecule has 2 aromatic carbocycles. The molecule has 0 bridgehead atoms. The van der Waals surface area contributed by atoms with Crippen LogP contribution in [0.5, 0.6) is 5.75 Å². The van der Waals surface area contributed by atoms with Gasteiger partial charge in [0.25, 0.3) is 0 Å². The Balaban J connectivity index is 1.98. The average molecular weight is 417 g/mol.